The number of nitro groups is 1. The van der Waals surface area contributed by atoms with Crippen molar-refractivity contribution in [2.45, 2.75) is 20.5 Å². The molecule has 1 aliphatic rings. The number of halogens is 1. The van der Waals surface area contributed by atoms with E-state index < -0.39 is 4.92 Å². The van der Waals surface area contributed by atoms with E-state index in [9.17, 15) is 19.7 Å². The van der Waals surface area contributed by atoms with Gasteiger partial charge in [0.15, 0.2) is 0 Å². The molecule has 1 heterocycles. The number of hydrogen-bond acceptors (Lipinski definition) is 7. The van der Waals surface area contributed by atoms with Crippen molar-refractivity contribution < 1.29 is 24.0 Å². The Bertz CT molecular complexity index is 1390. The molecular formula is C27H23BrN2O6S. The van der Waals surface area contributed by atoms with Crippen LogP contribution in [0.3, 0.4) is 0 Å². The highest BCUT2D eigenvalue weighted by molar-refractivity contribution is 9.10. The van der Waals surface area contributed by atoms with E-state index in [1.807, 2.05) is 32.0 Å². The lowest BCUT2D eigenvalue weighted by Crippen LogP contribution is -2.32. The van der Waals surface area contributed by atoms with Crippen molar-refractivity contribution in [2.24, 2.45) is 0 Å². The number of carbonyl (C=O) groups is 2. The molecule has 0 bridgehead atoms. The third kappa shape index (κ3) is 6.58. The van der Waals surface area contributed by atoms with Crippen LogP contribution in [0.15, 0.2) is 70.0 Å². The summed E-state index contributed by atoms with van der Waals surface area (Å²) in [5.74, 6) is 0.846. The molecule has 1 aliphatic heterocycles. The van der Waals surface area contributed by atoms with Crippen LogP contribution in [-0.2, 0) is 11.4 Å². The molecule has 0 spiro atoms. The van der Waals surface area contributed by atoms with Gasteiger partial charge in [-0.15, -0.1) is 0 Å². The van der Waals surface area contributed by atoms with Crippen molar-refractivity contribution in [1.82, 2.24) is 4.90 Å². The molecule has 37 heavy (non-hydrogen) atoms. The van der Waals surface area contributed by atoms with Crippen molar-refractivity contribution in [3.8, 4) is 11.5 Å². The number of rotatable bonds is 9. The van der Waals surface area contributed by atoms with E-state index in [2.05, 4.69) is 15.9 Å². The van der Waals surface area contributed by atoms with Crippen molar-refractivity contribution in [2.75, 3.05) is 13.2 Å². The second kappa shape index (κ2) is 11.6. The zero-order chi connectivity index (χ0) is 26.5. The summed E-state index contributed by atoms with van der Waals surface area (Å²) >= 11 is 4.31. The first-order valence-corrected chi connectivity index (χ1v) is 12.9. The molecule has 3 aromatic carbocycles. The van der Waals surface area contributed by atoms with Gasteiger partial charge in [-0.25, -0.2) is 0 Å². The fraction of sp³-hybridized carbons (Fsp3) is 0.185. The summed E-state index contributed by atoms with van der Waals surface area (Å²) < 4.78 is 12.5. The molecule has 3 aromatic rings. The summed E-state index contributed by atoms with van der Waals surface area (Å²) in [6, 6.07) is 17.3. The standard InChI is InChI=1S/C27H23BrN2O6S/c1-17-3-4-18(2)24(13-17)35-12-11-29-26(31)25(37-27(29)32)15-20-14-21(28)7-10-23(20)36-16-19-5-8-22(9-6-19)30(33)34/h3-10,13-15H,11-12,16H2,1-2H3/b25-15-. The molecule has 0 aliphatic carbocycles. The van der Waals surface area contributed by atoms with E-state index in [4.69, 9.17) is 9.47 Å². The molecule has 1 saturated heterocycles. The van der Waals surface area contributed by atoms with E-state index in [0.717, 1.165) is 38.7 Å². The van der Waals surface area contributed by atoms with Gasteiger partial charge >= 0.3 is 0 Å². The maximum atomic E-state index is 13.0. The zero-order valence-electron chi connectivity index (χ0n) is 20.1. The molecule has 0 radical (unpaired) electrons. The van der Waals surface area contributed by atoms with Crippen LogP contribution < -0.4 is 9.47 Å². The van der Waals surface area contributed by atoms with Crippen molar-refractivity contribution in [1.29, 1.82) is 0 Å². The largest absolute Gasteiger partial charge is 0.491 e. The van der Waals surface area contributed by atoms with Gasteiger partial charge in [-0.2, -0.15) is 0 Å². The van der Waals surface area contributed by atoms with Crippen molar-refractivity contribution >= 4 is 50.6 Å². The lowest BCUT2D eigenvalue weighted by Gasteiger charge is -2.14. The number of aryl methyl sites for hydroxylation is 2. The molecule has 1 fully saturated rings. The highest BCUT2D eigenvalue weighted by atomic mass is 79.9. The minimum absolute atomic E-state index is 0.00298. The lowest BCUT2D eigenvalue weighted by atomic mass is 10.1. The Morgan fingerprint density at radius 3 is 2.49 bits per heavy atom. The molecule has 0 atom stereocenters. The molecule has 0 aromatic heterocycles. The van der Waals surface area contributed by atoms with E-state index in [1.165, 1.54) is 17.0 Å². The predicted molar refractivity (Wildman–Crippen MR) is 146 cm³/mol. The highest BCUT2D eigenvalue weighted by Gasteiger charge is 2.35. The molecule has 4 rings (SSSR count). The third-order valence-corrected chi connectivity index (χ3v) is 6.99. The number of non-ortho nitro benzene ring substituents is 1. The molecule has 190 valence electrons. The Morgan fingerprint density at radius 2 is 1.76 bits per heavy atom. The summed E-state index contributed by atoms with van der Waals surface area (Å²) in [4.78, 5) is 37.4. The van der Waals surface area contributed by atoms with Gasteiger partial charge in [0.05, 0.1) is 16.4 Å². The Morgan fingerprint density at radius 1 is 1.00 bits per heavy atom. The van der Waals surface area contributed by atoms with Crippen molar-refractivity contribution in [3.63, 3.8) is 0 Å². The van der Waals surface area contributed by atoms with Gasteiger partial charge in [-0.1, -0.05) is 28.1 Å². The summed E-state index contributed by atoms with van der Waals surface area (Å²) in [6.45, 7) is 4.42. The first-order chi connectivity index (χ1) is 17.7. The fourth-order valence-corrected chi connectivity index (χ4v) is 4.82. The smallest absolute Gasteiger partial charge is 0.293 e. The average molecular weight is 583 g/mol. The van der Waals surface area contributed by atoms with Gasteiger partial charge in [0.25, 0.3) is 16.8 Å². The maximum absolute atomic E-state index is 13.0. The van der Waals surface area contributed by atoms with Gasteiger partial charge in [0, 0.05) is 22.2 Å². The van der Waals surface area contributed by atoms with Crippen LogP contribution in [0.25, 0.3) is 6.08 Å². The second-order valence-electron chi connectivity index (χ2n) is 8.35. The summed E-state index contributed by atoms with van der Waals surface area (Å²) in [5, 5.41) is 10.5. The average Bonchev–Trinajstić information content (AvgIpc) is 3.13. The third-order valence-electron chi connectivity index (χ3n) is 5.59. The van der Waals surface area contributed by atoms with Gasteiger partial charge in [-0.3, -0.25) is 24.6 Å². The topological polar surface area (TPSA) is 99.0 Å². The normalized spacial score (nSPS) is 14.4. The second-order valence-corrected chi connectivity index (χ2v) is 10.3. The molecule has 0 saturated carbocycles. The molecule has 2 amide bonds. The van der Waals surface area contributed by atoms with Crippen LogP contribution in [0.1, 0.15) is 22.3 Å². The van der Waals surface area contributed by atoms with Crippen LogP contribution in [0.4, 0.5) is 10.5 Å². The summed E-state index contributed by atoms with van der Waals surface area (Å²) in [7, 11) is 0. The monoisotopic (exact) mass is 582 g/mol. The number of nitrogens with zero attached hydrogens (tertiary/aromatic N) is 2. The number of nitro benzene ring substituents is 1. The maximum Gasteiger partial charge on any atom is 0.293 e. The molecule has 8 nitrogen and oxygen atoms in total. The van der Waals surface area contributed by atoms with Gasteiger partial charge < -0.3 is 9.47 Å². The minimum atomic E-state index is -0.458. The number of hydrogen-bond donors (Lipinski definition) is 0. The summed E-state index contributed by atoms with van der Waals surface area (Å²) in [6.07, 6.45) is 1.63. The van der Waals surface area contributed by atoms with Crippen LogP contribution in [0.5, 0.6) is 11.5 Å². The van der Waals surface area contributed by atoms with E-state index >= 15 is 0 Å². The number of benzene rings is 3. The quantitative estimate of drug-likeness (QED) is 0.158. The molecule has 10 heteroatoms. The Kier molecular flexibility index (Phi) is 8.30. The SMILES string of the molecule is Cc1ccc(C)c(OCCN2C(=O)S/C(=C\c3cc(Br)ccc3OCc3ccc([N+](=O)[O-])cc3)C2=O)c1. The van der Waals surface area contributed by atoms with E-state index in [0.29, 0.717) is 11.3 Å². The fourth-order valence-electron chi connectivity index (χ4n) is 3.58. The number of carbonyl (C=O) groups excluding carboxylic acids is 2. The van der Waals surface area contributed by atoms with Crippen LogP contribution in [0, 0.1) is 24.0 Å². The Balaban J connectivity index is 1.44. The highest BCUT2D eigenvalue weighted by Crippen LogP contribution is 2.35. The number of ether oxygens (including phenoxy) is 2. The van der Waals surface area contributed by atoms with Crippen LogP contribution in [-0.4, -0.2) is 34.1 Å². The van der Waals surface area contributed by atoms with Crippen LogP contribution >= 0.6 is 27.7 Å². The number of amides is 2. The van der Waals surface area contributed by atoms with Crippen molar-refractivity contribution in [3.05, 3.63) is 102 Å². The minimum Gasteiger partial charge on any atom is -0.491 e. The van der Waals surface area contributed by atoms with Gasteiger partial charge in [0.2, 0.25) is 0 Å². The Hall–Kier alpha value is -3.63. The molecule has 0 N–H and O–H groups in total. The van der Waals surface area contributed by atoms with E-state index in [1.54, 1.807) is 36.4 Å². The van der Waals surface area contributed by atoms with Crippen LogP contribution in [0.2, 0.25) is 0 Å². The number of thioether (sulfide) groups is 1. The van der Waals surface area contributed by atoms with Gasteiger partial charge in [0.1, 0.15) is 24.7 Å². The lowest BCUT2D eigenvalue weighted by molar-refractivity contribution is -0.384. The van der Waals surface area contributed by atoms with E-state index in [-0.39, 0.29) is 41.5 Å². The predicted octanol–water partition coefficient (Wildman–Crippen LogP) is 6.67. The zero-order valence-corrected chi connectivity index (χ0v) is 22.5. The first kappa shape index (κ1) is 26.4. The van der Waals surface area contributed by atoms with Gasteiger partial charge in [-0.05, 0) is 84.8 Å². The first-order valence-electron chi connectivity index (χ1n) is 11.3. The molecular weight excluding hydrogens is 560 g/mol. The number of imide groups is 1. The summed E-state index contributed by atoms with van der Waals surface area (Å²) in [5.41, 5.74) is 3.42. The Labute approximate surface area is 226 Å². The molecule has 0 unspecified atom stereocenters.